The van der Waals surface area contributed by atoms with Gasteiger partial charge in [0.15, 0.2) is 0 Å². The minimum Gasteiger partial charge on any atom is -0.393 e. The Labute approximate surface area is 51.0 Å². The molecule has 0 bridgehead atoms. The van der Waals surface area contributed by atoms with Gasteiger partial charge < -0.3 is 5.11 Å². The van der Waals surface area contributed by atoms with Gasteiger partial charge >= 0.3 is 0 Å². The Morgan fingerprint density at radius 2 is 2.25 bits per heavy atom. The first kappa shape index (κ1) is 7.70. The summed E-state index contributed by atoms with van der Waals surface area (Å²) < 4.78 is 0. The summed E-state index contributed by atoms with van der Waals surface area (Å²) in [4.78, 5) is 0. The fourth-order valence-corrected chi connectivity index (χ4v) is 0.584. The van der Waals surface area contributed by atoms with Crippen LogP contribution in [0.2, 0.25) is 0 Å². The summed E-state index contributed by atoms with van der Waals surface area (Å²) >= 11 is 0. The molecule has 0 heterocycles. The van der Waals surface area contributed by atoms with Gasteiger partial charge in [-0.3, -0.25) is 0 Å². The first-order chi connectivity index (χ1) is 3.66. The maximum absolute atomic E-state index is 8.81. The minimum absolute atomic E-state index is 0.189. The van der Waals surface area contributed by atoms with Gasteiger partial charge in [-0.1, -0.05) is 11.6 Å². The highest BCUT2D eigenvalue weighted by Crippen LogP contribution is 2.01. The molecular weight excluding hydrogens is 100 g/mol. The van der Waals surface area contributed by atoms with E-state index in [4.69, 9.17) is 5.11 Å². The van der Waals surface area contributed by atoms with Crippen LogP contribution in [-0.4, -0.2) is 11.2 Å². The zero-order valence-corrected chi connectivity index (χ0v) is 5.81. The SMILES string of the molecule is C/C=C(\C)C[C@H](C)O. The lowest BCUT2D eigenvalue weighted by Gasteiger charge is -2.01. The maximum Gasteiger partial charge on any atom is 0.0549 e. The first-order valence-electron chi connectivity index (χ1n) is 2.96. The standard InChI is InChI=1S/C7H14O/c1-4-6(2)5-7(3)8/h4,7-8H,5H2,1-3H3/b6-4+/t7-/m0/s1. The van der Waals surface area contributed by atoms with Crippen LogP contribution in [0, 0.1) is 0 Å². The van der Waals surface area contributed by atoms with Gasteiger partial charge in [0.2, 0.25) is 0 Å². The summed E-state index contributed by atoms with van der Waals surface area (Å²) in [5.41, 5.74) is 1.25. The molecule has 1 atom stereocenters. The van der Waals surface area contributed by atoms with E-state index in [9.17, 15) is 0 Å². The van der Waals surface area contributed by atoms with Crippen LogP contribution >= 0.6 is 0 Å². The van der Waals surface area contributed by atoms with Crippen molar-refractivity contribution in [3.8, 4) is 0 Å². The molecule has 0 spiro atoms. The summed E-state index contributed by atoms with van der Waals surface area (Å²) in [6, 6.07) is 0. The molecule has 0 aromatic heterocycles. The van der Waals surface area contributed by atoms with E-state index in [0.717, 1.165) is 6.42 Å². The molecule has 1 N–H and O–H groups in total. The predicted octanol–water partition coefficient (Wildman–Crippen LogP) is 1.72. The van der Waals surface area contributed by atoms with Crippen molar-refractivity contribution in [2.75, 3.05) is 0 Å². The second kappa shape index (κ2) is 3.67. The molecule has 0 saturated carbocycles. The van der Waals surface area contributed by atoms with E-state index in [1.54, 1.807) is 6.92 Å². The van der Waals surface area contributed by atoms with Crippen LogP contribution in [0.5, 0.6) is 0 Å². The number of allylic oxidation sites excluding steroid dienone is 1. The molecule has 0 aromatic rings. The lowest BCUT2D eigenvalue weighted by molar-refractivity contribution is 0.195. The molecule has 0 amide bonds. The Kier molecular flexibility index (Phi) is 3.53. The highest BCUT2D eigenvalue weighted by Gasteiger charge is 1.93. The fraction of sp³-hybridized carbons (Fsp3) is 0.714. The third kappa shape index (κ3) is 3.88. The van der Waals surface area contributed by atoms with Crippen molar-refractivity contribution in [3.63, 3.8) is 0 Å². The van der Waals surface area contributed by atoms with E-state index >= 15 is 0 Å². The van der Waals surface area contributed by atoms with E-state index < -0.39 is 0 Å². The van der Waals surface area contributed by atoms with Gasteiger partial charge in [0.1, 0.15) is 0 Å². The Bertz CT molecular complexity index is 82.4. The second-order valence-electron chi connectivity index (χ2n) is 2.19. The molecular formula is C7H14O. The lowest BCUT2D eigenvalue weighted by atomic mass is 10.1. The zero-order chi connectivity index (χ0) is 6.57. The molecule has 1 heteroatoms. The van der Waals surface area contributed by atoms with Crippen LogP contribution in [0.4, 0.5) is 0 Å². The molecule has 0 rings (SSSR count). The lowest BCUT2D eigenvalue weighted by Crippen LogP contribution is -1.98. The number of aliphatic hydroxyl groups is 1. The molecule has 0 aromatic carbocycles. The number of hydrogen-bond donors (Lipinski definition) is 1. The Hall–Kier alpha value is -0.300. The van der Waals surface area contributed by atoms with Gasteiger partial charge in [-0.25, -0.2) is 0 Å². The third-order valence-corrected chi connectivity index (χ3v) is 1.11. The van der Waals surface area contributed by atoms with Gasteiger partial charge in [-0.05, 0) is 27.2 Å². The van der Waals surface area contributed by atoms with Crippen LogP contribution in [0.1, 0.15) is 27.2 Å². The van der Waals surface area contributed by atoms with E-state index in [2.05, 4.69) is 0 Å². The third-order valence-electron chi connectivity index (χ3n) is 1.11. The second-order valence-corrected chi connectivity index (χ2v) is 2.19. The van der Waals surface area contributed by atoms with E-state index in [1.165, 1.54) is 5.57 Å². The molecule has 8 heavy (non-hydrogen) atoms. The minimum atomic E-state index is -0.189. The van der Waals surface area contributed by atoms with Crippen molar-refractivity contribution in [2.24, 2.45) is 0 Å². The number of rotatable bonds is 2. The average molecular weight is 114 g/mol. The average Bonchev–Trinajstić information content (AvgIpc) is 1.65. The van der Waals surface area contributed by atoms with Crippen molar-refractivity contribution < 1.29 is 5.11 Å². The number of hydrogen-bond acceptors (Lipinski definition) is 1. The quantitative estimate of drug-likeness (QED) is 0.542. The van der Waals surface area contributed by atoms with E-state index in [0.29, 0.717) is 0 Å². The molecule has 0 aliphatic carbocycles. The van der Waals surface area contributed by atoms with Gasteiger partial charge in [-0.2, -0.15) is 0 Å². The van der Waals surface area contributed by atoms with Crippen molar-refractivity contribution >= 4 is 0 Å². The largest absolute Gasteiger partial charge is 0.393 e. The van der Waals surface area contributed by atoms with Gasteiger partial charge in [0.25, 0.3) is 0 Å². The zero-order valence-electron chi connectivity index (χ0n) is 5.81. The molecule has 0 fully saturated rings. The first-order valence-corrected chi connectivity index (χ1v) is 2.96. The van der Waals surface area contributed by atoms with Crippen LogP contribution in [-0.2, 0) is 0 Å². The fourth-order valence-electron chi connectivity index (χ4n) is 0.584. The summed E-state index contributed by atoms with van der Waals surface area (Å²) in [5.74, 6) is 0. The topological polar surface area (TPSA) is 20.2 Å². The van der Waals surface area contributed by atoms with Gasteiger partial charge in [0, 0.05) is 0 Å². The monoisotopic (exact) mass is 114 g/mol. The Balaban J connectivity index is 3.39. The molecule has 0 saturated heterocycles. The van der Waals surface area contributed by atoms with Crippen molar-refractivity contribution in [1.29, 1.82) is 0 Å². The predicted molar refractivity (Wildman–Crippen MR) is 35.7 cm³/mol. The Morgan fingerprint density at radius 3 is 2.38 bits per heavy atom. The van der Waals surface area contributed by atoms with Crippen molar-refractivity contribution in [2.45, 2.75) is 33.3 Å². The summed E-state index contributed by atoms with van der Waals surface area (Å²) in [6.07, 6.45) is 2.63. The van der Waals surface area contributed by atoms with Crippen molar-refractivity contribution in [3.05, 3.63) is 11.6 Å². The van der Waals surface area contributed by atoms with Crippen LogP contribution in [0.3, 0.4) is 0 Å². The normalized spacial score (nSPS) is 16.2. The van der Waals surface area contributed by atoms with Crippen molar-refractivity contribution in [1.82, 2.24) is 0 Å². The summed E-state index contributed by atoms with van der Waals surface area (Å²) in [5, 5.41) is 8.81. The summed E-state index contributed by atoms with van der Waals surface area (Å²) in [6.45, 7) is 5.80. The molecule has 48 valence electrons. The van der Waals surface area contributed by atoms with Gasteiger partial charge in [0.05, 0.1) is 6.10 Å². The van der Waals surface area contributed by atoms with Crippen LogP contribution in [0.25, 0.3) is 0 Å². The maximum atomic E-state index is 8.81. The van der Waals surface area contributed by atoms with E-state index in [-0.39, 0.29) is 6.10 Å². The molecule has 0 radical (unpaired) electrons. The van der Waals surface area contributed by atoms with E-state index in [1.807, 2.05) is 19.9 Å². The molecule has 0 unspecified atom stereocenters. The Morgan fingerprint density at radius 1 is 1.75 bits per heavy atom. The van der Waals surface area contributed by atoms with Crippen LogP contribution in [0.15, 0.2) is 11.6 Å². The number of aliphatic hydroxyl groups excluding tert-OH is 1. The molecule has 0 aliphatic heterocycles. The van der Waals surface area contributed by atoms with Gasteiger partial charge in [-0.15, -0.1) is 0 Å². The molecule has 0 aliphatic rings. The highest BCUT2D eigenvalue weighted by atomic mass is 16.3. The molecule has 1 nitrogen and oxygen atoms in total. The summed E-state index contributed by atoms with van der Waals surface area (Å²) in [7, 11) is 0. The highest BCUT2D eigenvalue weighted by molar-refractivity contribution is 4.96. The smallest absolute Gasteiger partial charge is 0.0549 e. The van der Waals surface area contributed by atoms with Crippen LogP contribution < -0.4 is 0 Å².